The van der Waals surface area contributed by atoms with Crippen molar-refractivity contribution in [3.8, 4) is 5.75 Å². The monoisotopic (exact) mass is 151 g/mol. The lowest BCUT2D eigenvalue weighted by Crippen LogP contribution is -1.91. The molecule has 3 N–H and O–H groups in total. The van der Waals surface area contributed by atoms with Gasteiger partial charge < -0.3 is 15.6 Å². The topological polar surface area (TPSA) is 55.5 Å². The molecular weight excluding hydrogens is 142 g/mol. The maximum atomic E-state index is 8.63. The lowest BCUT2D eigenvalue weighted by Gasteiger charge is -2.01. The second-order valence-electron chi connectivity index (χ2n) is 2.06. The van der Waals surface area contributed by atoms with Crippen LogP contribution >= 0.6 is 0 Å². The van der Waals surface area contributed by atoms with Gasteiger partial charge in [0.2, 0.25) is 0 Å². The molecule has 58 valence electrons. The van der Waals surface area contributed by atoms with Crippen LogP contribution in [-0.2, 0) is 0 Å². The van der Waals surface area contributed by atoms with Crippen LogP contribution in [0.1, 0.15) is 0 Å². The molecule has 0 aromatic heterocycles. The van der Waals surface area contributed by atoms with Crippen LogP contribution in [0.4, 0.5) is 5.69 Å². The standard InChI is InChI=1S/C8H9NO2/c1-6(10)11-8-4-2-7(9)3-5-8/h2-5,10H,1,9H2. The fraction of sp³-hybridized carbons (Fsp3) is 0. The highest BCUT2D eigenvalue weighted by molar-refractivity contribution is 5.41. The maximum Gasteiger partial charge on any atom is 0.274 e. The zero-order chi connectivity index (χ0) is 8.27. The minimum Gasteiger partial charge on any atom is -0.481 e. The van der Waals surface area contributed by atoms with Crippen molar-refractivity contribution in [2.75, 3.05) is 5.73 Å². The van der Waals surface area contributed by atoms with Gasteiger partial charge >= 0.3 is 0 Å². The highest BCUT2D eigenvalue weighted by Gasteiger charge is 1.93. The van der Waals surface area contributed by atoms with Crippen molar-refractivity contribution in [2.24, 2.45) is 0 Å². The van der Waals surface area contributed by atoms with Gasteiger partial charge in [-0.3, -0.25) is 0 Å². The molecular formula is C8H9NO2. The molecule has 3 nitrogen and oxygen atoms in total. The quantitative estimate of drug-likeness (QED) is 0.499. The molecule has 0 bridgehead atoms. The summed E-state index contributed by atoms with van der Waals surface area (Å²) in [5.41, 5.74) is 6.07. The molecule has 0 amide bonds. The van der Waals surface area contributed by atoms with Gasteiger partial charge in [0.05, 0.1) is 0 Å². The minimum atomic E-state index is -0.324. The third kappa shape index (κ3) is 2.21. The van der Waals surface area contributed by atoms with E-state index >= 15 is 0 Å². The van der Waals surface area contributed by atoms with E-state index < -0.39 is 0 Å². The molecule has 0 aliphatic carbocycles. The molecule has 1 rings (SSSR count). The first-order chi connectivity index (χ1) is 5.18. The molecule has 0 heterocycles. The Morgan fingerprint density at radius 1 is 1.36 bits per heavy atom. The zero-order valence-electron chi connectivity index (χ0n) is 5.95. The van der Waals surface area contributed by atoms with E-state index in [2.05, 4.69) is 6.58 Å². The second kappa shape index (κ2) is 2.96. The van der Waals surface area contributed by atoms with Crippen LogP contribution in [0.25, 0.3) is 0 Å². The van der Waals surface area contributed by atoms with E-state index in [9.17, 15) is 0 Å². The van der Waals surface area contributed by atoms with Crippen molar-refractivity contribution in [3.05, 3.63) is 36.8 Å². The normalized spacial score (nSPS) is 9.09. The molecule has 0 saturated heterocycles. The first-order valence-electron chi connectivity index (χ1n) is 3.10. The Bertz CT molecular complexity index is 253. The number of aliphatic hydroxyl groups is 1. The number of nitrogens with two attached hydrogens (primary N) is 1. The van der Waals surface area contributed by atoms with Crippen molar-refractivity contribution in [2.45, 2.75) is 0 Å². The summed E-state index contributed by atoms with van der Waals surface area (Å²) in [6, 6.07) is 6.66. The summed E-state index contributed by atoms with van der Waals surface area (Å²) in [6.45, 7) is 3.17. The molecule has 0 spiro atoms. The number of anilines is 1. The van der Waals surface area contributed by atoms with Crippen LogP contribution in [0, 0.1) is 0 Å². The Morgan fingerprint density at radius 3 is 2.36 bits per heavy atom. The van der Waals surface area contributed by atoms with E-state index in [1.165, 1.54) is 0 Å². The molecule has 1 aromatic rings. The van der Waals surface area contributed by atoms with Crippen molar-refractivity contribution >= 4 is 5.69 Å². The second-order valence-corrected chi connectivity index (χ2v) is 2.06. The number of ether oxygens (including phenoxy) is 1. The van der Waals surface area contributed by atoms with Crippen molar-refractivity contribution in [1.29, 1.82) is 0 Å². The van der Waals surface area contributed by atoms with E-state index in [0.717, 1.165) is 0 Å². The fourth-order valence-corrected chi connectivity index (χ4v) is 0.672. The highest BCUT2D eigenvalue weighted by Crippen LogP contribution is 2.14. The van der Waals surface area contributed by atoms with Crippen molar-refractivity contribution in [3.63, 3.8) is 0 Å². The van der Waals surface area contributed by atoms with Gasteiger partial charge in [0.25, 0.3) is 5.95 Å². The smallest absolute Gasteiger partial charge is 0.274 e. The highest BCUT2D eigenvalue weighted by atomic mass is 16.6. The van der Waals surface area contributed by atoms with Gasteiger partial charge in [-0.1, -0.05) is 0 Å². The van der Waals surface area contributed by atoms with Crippen LogP contribution in [0.5, 0.6) is 5.75 Å². The van der Waals surface area contributed by atoms with Crippen molar-refractivity contribution < 1.29 is 9.84 Å². The molecule has 0 fully saturated rings. The summed E-state index contributed by atoms with van der Waals surface area (Å²) in [5, 5.41) is 8.63. The summed E-state index contributed by atoms with van der Waals surface area (Å²) in [4.78, 5) is 0. The Kier molecular flexibility index (Phi) is 2.01. The molecule has 11 heavy (non-hydrogen) atoms. The van der Waals surface area contributed by atoms with Gasteiger partial charge in [-0.15, -0.1) is 0 Å². The first-order valence-corrected chi connectivity index (χ1v) is 3.10. The molecule has 0 radical (unpaired) electrons. The van der Waals surface area contributed by atoms with Crippen LogP contribution in [-0.4, -0.2) is 5.11 Å². The van der Waals surface area contributed by atoms with E-state index in [1.807, 2.05) is 0 Å². The third-order valence-electron chi connectivity index (χ3n) is 1.12. The lowest BCUT2D eigenvalue weighted by atomic mass is 10.3. The Balaban J connectivity index is 2.74. The number of hydrogen-bond acceptors (Lipinski definition) is 3. The zero-order valence-corrected chi connectivity index (χ0v) is 5.95. The number of aliphatic hydroxyl groups excluding tert-OH is 1. The molecule has 0 atom stereocenters. The lowest BCUT2D eigenvalue weighted by molar-refractivity contribution is 0.211. The number of benzene rings is 1. The van der Waals surface area contributed by atoms with E-state index in [0.29, 0.717) is 11.4 Å². The first kappa shape index (κ1) is 7.47. The van der Waals surface area contributed by atoms with Gasteiger partial charge in [0.1, 0.15) is 5.75 Å². The van der Waals surface area contributed by atoms with Gasteiger partial charge in [-0.05, 0) is 30.8 Å². The van der Waals surface area contributed by atoms with Crippen LogP contribution in [0.15, 0.2) is 36.8 Å². The maximum absolute atomic E-state index is 8.63. The average molecular weight is 151 g/mol. The largest absolute Gasteiger partial charge is 0.481 e. The van der Waals surface area contributed by atoms with Gasteiger partial charge in [-0.2, -0.15) is 0 Å². The van der Waals surface area contributed by atoms with E-state index in [-0.39, 0.29) is 5.95 Å². The molecule has 0 aliphatic rings. The van der Waals surface area contributed by atoms with Gasteiger partial charge in [0, 0.05) is 5.69 Å². The van der Waals surface area contributed by atoms with Crippen LogP contribution < -0.4 is 10.5 Å². The summed E-state index contributed by atoms with van der Waals surface area (Å²) in [5.74, 6) is 0.196. The predicted molar refractivity (Wildman–Crippen MR) is 43.3 cm³/mol. The van der Waals surface area contributed by atoms with Gasteiger partial charge in [-0.25, -0.2) is 0 Å². The van der Waals surface area contributed by atoms with Crippen LogP contribution in [0.3, 0.4) is 0 Å². The average Bonchev–Trinajstić information content (AvgIpc) is 1.93. The molecule has 3 heteroatoms. The fourth-order valence-electron chi connectivity index (χ4n) is 0.672. The van der Waals surface area contributed by atoms with Crippen LogP contribution in [0.2, 0.25) is 0 Å². The Labute approximate surface area is 64.7 Å². The van der Waals surface area contributed by atoms with E-state index in [4.69, 9.17) is 15.6 Å². The molecule has 0 aliphatic heterocycles. The SMILES string of the molecule is C=C(O)Oc1ccc(N)cc1. The number of hydrogen-bond donors (Lipinski definition) is 2. The molecule has 1 aromatic carbocycles. The van der Waals surface area contributed by atoms with Gasteiger partial charge in [0.15, 0.2) is 0 Å². The molecule has 0 unspecified atom stereocenters. The summed E-state index contributed by atoms with van der Waals surface area (Å²) in [6.07, 6.45) is 0. The molecule has 0 saturated carbocycles. The Morgan fingerprint density at radius 2 is 1.91 bits per heavy atom. The Hall–Kier alpha value is -1.64. The summed E-state index contributed by atoms with van der Waals surface area (Å²) in [7, 11) is 0. The van der Waals surface area contributed by atoms with E-state index in [1.54, 1.807) is 24.3 Å². The minimum absolute atomic E-state index is 0.324. The number of rotatable bonds is 2. The number of nitrogen functional groups attached to an aromatic ring is 1. The third-order valence-corrected chi connectivity index (χ3v) is 1.12. The predicted octanol–water partition coefficient (Wildman–Crippen LogP) is 1.68. The summed E-state index contributed by atoms with van der Waals surface area (Å²) < 4.78 is 4.77. The summed E-state index contributed by atoms with van der Waals surface area (Å²) >= 11 is 0. The van der Waals surface area contributed by atoms with Crippen molar-refractivity contribution in [1.82, 2.24) is 0 Å².